The molecule has 1 saturated heterocycles. The molecule has 1 atom stereocenters. The van der Waals surface area contributed by atoms with Gasteiger partial charge in [-0.05, 0) is 55.4 Å². The fourth-order valence-electron chi connectivity index (χ4n) is 4.73. The fraction of sp³-hybridized carbons (Fsp3) is 0.565. The van der Waals surface area contributed by atoms with Crippen molar-refractivity contribution in [3.63, 3.8) is 0 Å². The highest BCUT2D eigenvalue weighted by atomic mass is 35.5. The maximum Gasteiger partial charge on any atom is 0.325 e. The summed E-state index contributed by atoms with van der Waals surface area (Å²) in [7, 11) is 1.66. The van der Waals surface area contributed by atoms with E-state index < -0.39 is 18.4 Å². The number of likely N-dealkylation sites (N-methyl/N-ethyl adjacent to an activating group) is 1. The number of hydrogen-bond acceptors (Lipinski definition) is 6. The van der Waals surface area contributed by atoms with Gasteiger partial charge in [0.1, 0.15) is 18.4 Å². The van der Waals surface area contributed by atoms with E-state index in [1.807, 2.05) is 18.2 Å². The minimum Gasteiger partial charge on any atom is -0.480 e. The monoisotopic (exact) mass is 479 g/mol. The van der Waals surface area contributed by atoms with Crippen molar-refractivity contribution < 1.29 is 19.5 Å². The molecule has 0 unspecified atom stereocenters. The molecule has 2 fully saturated rings. The third-order valence-corrected chi connectivity index (χ3v) is 6.27. The molecule has 1 aromatic rings. The molecule has 1 aliphatic heterocycles. The van der Waals surface area contributed by atoms with Crippen molar-refractivity contribution in [2.75, 3.05) is 31.6 Å². The van der Waals surface area contributed by atoms with Gasteiger partial charge in [0.25, 0.3) is 0 Å². The number of aliphatic carboxylic acids is 1. The van der Waals surface area contributed by atoms with Gasteiger partial charge in [0.15, 0.2) is 0 Å². The van der Waals surface area contributed by atoms with Crippen LogP contribution in [0.25, 0.3) is 0 Å². The number of nitrogens with zero attached hydrogens (tertiary/aromatic N) is 2. The summed E-state index contributed by atoms with van der Waals surface area (Å²) < 4.78 is 0. The molecule has 0 spiro atoms. The summed E-state index contributed by atoms with van der Waals surface area (Å²) in [6.07, 6.45) is 7.39. The number of amides is 2. The number of carboxylic acid groups (broad SMARTS) is 1. The Kier molecular flexibility index (Phi) is 10.1. The van der Waals surface area contributed by atoms with Gasteiger partial charge in [-0.15, -0.1) is 12.4 Å². The van der Waals surface area contributed by atoms with E-state index in [4.69, 9.17) is 10.8 Å². The van der Waals surface area contributed by atoms with Gasteiger partial charge in [-0.25, -0.2) is 0 Å². The first kappa shape index (κ1) is 26.6. The number of carboxylic acids is 1. The summed E-state index contributed by atoms with van der Waals surface area (Å²) in [6, 6.07) is 5.61. The number of carbonyl (C=O) groups excluding carboxylic acids is 2. The standard InChI is InChI=1S/C23H33N5O4.ClH/c1-25-23(32)19-8-5-11-28(19)18-10-9-16(12-17(18)15-6-3-2-4-7-15)22(26-14-21(30)31)27-20(29)13-24;/h9-10,12,15,19H,2-8,11,13-14,24H2,1H3,(H,25,32)(H,30,31)(H,26,27,29);1H/t19-;/m0./s1. The zero-order valence-electron chi connectivity index (χ0n) is 19.0. The summed E-state index contributed by atoms with van der Waals surface area (Å²) >= 11 is 0. The minimum atomic E-state index is -1.08. The predicted octanol–water partition coefficient (Wildman–Crippen LogP) is 1.78. The van der Waals surface area contributed by atoms with E-state index in [2.05, 4.69) is 20.5 Å². The van der Waals surface area contributed by atoms with Crippen LogP contribution in [0.3, 0.4) is 0 Å². The van der Waals surface area contributed by atoms with E-state index in [0.29, 0.717) is 11.5 Å². The normalized spacial score (nSPS) is 19.0. The van der Waals surface area contributed by atoms with Crippen LogP contribution < -0.4 is 21.3 Å². The highest BCUT2D eigenvalue weighted by Gasteiger charge is 2.33. The summed E-state index contributed by atoms with van der Waals surface area (Å²) in [6.45, 7) is 0.133. The van der Waals surface area contributed by atoms with Crippen molar-refractivity contribution >= 4 is 41.7 Å². The Hall–Kier alpha value is -2.65. The number of rotatable bonds is 7. The molecular weight excluding hydrogens is 446 g/mol. The zero-order chi connectivity index (χ0) is 23.1. The number of anilines is 1. The van der Waals surface area contributed by atoms with Crippen LogP contribution >= 0.6 is 12.4 Å². The lowest BCUT2D eigenvalue weighted by molar-refractivity contribution is -0.135. The van der Waals surface area contributed by atoms with Crippen molar-refractivity contribution in [3.05, 3.63) is 29.3 Å². The quantitative estimate of drug-likeness (QED) is 0.347. The number of benzene rings is 1. The van der Waals surface area contributed by atoms with Gasteiger partial charge >= 0.3 is 5.97 Å². The van der Waals surface area contributed by atoms with Crippen LogP contribution in [0.1, 0.15) is 62.0 Å². The Labute approximate surface area is 200 Å². The van der Waals surface area contributed by atoms with Gasteiger partial charge in [0.2, 0.25) is 11.8 Å². The summed E-state index contributed by atoms with van der Waals surface area (Å²) in [5.74, 6) is -0.956. The molecule has 0 bridgehead atoms. The van der Waals surface area contributed by atoms with Crippen LogP contribution in [-0.2, 0) is 14.4 Å². The molecule has 2 amide bonds. The zero-order valence-corrected chi connectivity index (χ0v) is 19.8. The first-order valence-corrected chi connectivity index (χ1v) is 11.3. The second-order valence-corrected chi connectivity index (χ2v) is 8.39. The molecule has 0 radical (unpaired) electrons. The molecular formula is C23H34ClN5O4. The van der Waals surface area contributed by atoms with E-state index in [1.54, 1.807) is 7.05 Å². The van der Waals surface area contributed by atoms with E-state index in [-0.39, 0.29) is 36.7 Å². The number of halogens is 1. The largest absolute Gasteiger partial charge is 0.480 e. The molecule has 182 valence electrons. The van der Waals surface area contributed by atoms with Crippen molar-refractivity contribution in [2.45, 2.75) is 56.9 Å². The second kappa shape index (κ2) is 12.6. The third kappa shape index (κ3) is 6.68. The Bertz CT molecular complexity index is 886. The highest BCUT2D eigenvalue weighted by molar-refractivity contribution is 6.09. The number of nitrogens with two attached hydrogens (primary N) is 1. The van der Waals surface area contributed by atoms with Crippen LogP contribution in [0.5, 0.6) is 0 Å². The number of nitrogens with one attached hydrogen (secondary N) is 2. The lowest BCUT2D eigenvalue weighted by Gasteiger charge is -2.32. The van der Waals surface area contributed by atoms with Crippen LogP contribution in [0, 0.1) is 0 Å². The third-order valence-electron chi connectivity index (χ3n) is 6.27. The fourth-order valence-corrected chi connectivity index (χ4v) is 4.73. The molecule has 1 heterocycles. The van der Waals surface area contributed by atoms with Gasteiger partial charge < -0.3 is 26.4 Å². The first-order chi connectivity index (χ1) is 15.4. The summed E-state index contributed by atoms with van der Waals surface area (Å²) in [5.41, 5.74) is 8.25. The molecule has 0 aromatic heterocycles. The van der Waals surface area contributed by atoms with E-state index in [9.17, 15) is 14.4 Å². The van der Waals surface area contributed by atoms with Crippen LogP contribution in [0.15, 0.2) is 23.2 Å². The SMILES string of the molecule is CNC(=O)[C@@H]1CCCN1c1ccc(C(=NCC(=O)O)NC(=O)CN)cc1C1CCCCC1.Cl. The lowest BCUT2D eigenvalue weighted by Crippen LogP contribution is -2.42. The van der Waals surface area contributed by atoms with Gasteiger partial charge in [0.05, 0.1) is 6.54 Å². The number of hydrogen-bond donors (Lipinski definition) is 4. The predicted molar refractivity (Wildman–Crippen MR) is 130 cm³/mol. The Morgan fingerprint density at radius 2 is 1.88 bits per heavy atom. The highest BCUT2D eigenvalue weighted by Crippen LogP contribution is 2.40. The molecule has 1 aromatic carbocycles. The summed E-state index contributed by atoms with van der Waals surface area (Å²) in [4.78, 5) is 41.8. The van der Waals surface area contributed by atoms with Crippen molar-refractivity contribution in [3.8, 4) is 0 Å². The number of carbonyl (C=O) groups is 3. The first-order valence-electron chi connectivity index (χ1n) is 11.3. The van der Waals surface area contributed by atoms with Gasteiger partial charge in [-0.1, -0.05) is 19.3 Å². The van der Waals surface area contributed by atoms with Crippen molar-refractivity contribution in [1.82, 2.24) is 10.6 Å². The van der Waals surface area contributed by atoms with Crippen LogP contribution in [0.4, 0.5) is 5.69 Å². The molecule has 5 N–H and O–H groups in total. The van der Waals surface area contributed by atoms with E-state index >= 15 is 0 Å². The van der Waals surface area contributed by atoms with E-state index in [1.165, 1.54) is 6.42 Å². The topological polar surface area (TPSA) is 137 Å². The van der Waals surface area contributed by atoms with Crippen molar-refractivity contribution in [2.24, 2.45) is 10.7 Å². The minimum absolute atomic E-state index is 0. The van der Waals surface area contributed by atoms with Gasteiger partial charge in [-0.3, -0.25) is 19.4 Å². The molecule has 3 rings (SSSR count). The van der Waals surface area contributed by atoms with Crippen LogP contribution in [0.2, 0.25) is 0 Å². The Balaban J connectivity index is 0.00000385. The molecule has 33 heavy (non-hydrogen) atoms. The average Bonchev–Trinajstić information content (AvgIpc) is 3.31. The molecule has 2 aliphatic rings. The molecule has 10 heteroatoms. The summed E-state index contributed by atoms with van der Waals surface area (Å²) in [5, 5.41) is 14.5. The maximum absolute atomic E-state index is 12.5. The number of amidine groups is 1. The van der Waals surface area contributed by atoms with Crippen molar-refractivity contribution in [1.29, 1.82) is 0 Å². The van der Waals surface area contributed by atoms with Gasteiger partial charge in [-0.2, -0.15) is 0 Å². The molecule has 1 aliphatic carbocycles. The maximum atomic E-state index is 12.5. The second-order valence-electron chi connectivity index (χ2n) is 8.39. The smallest absolute Gasteiger partial charge is 0.325 e. The Morgan fingerprint density at radius 3 is 2.52 bits per heavy atom. The number of aliphatic imine (C=N–C) groups is 1. The average molecular weight is 480 g/mol. The molecule has 1 saturated carbocycles. The van der Waals surface area contributed by atoms with Gasteiger partial charge in [0, 0.05) is 24.8 Å². The lowest BCUT2D eigenvalue weighted by atomic mass is 9.82. The van der Waals surface area contributed by atoms with E-state index in [0.717, 1.165) is 56.3 Å². The Morgan fingerprint density at radius 1 is 1.15 bits per heavy atom. The van der Waals surface area contributed by atoms with Crippen LogP contribution in [-0.4, -0.2) is 61.4 Å². The molecule has 9 nitrogen and oxygen atoms in total.